The summed E-state index contributed by atoms with van der Waals surface area (Å²) in [5.74, 6) is -0.567. The second kappa shape index (κ2) is 9.69. The Kier molecular flexibility index (Phi) is 6.80. The fraction of sp³-hybridized carbons (Fsp3) is 0.208. The Morgan fingerprint density at radius 1 is 0.967 bits per heavy atom. The molecule has 30 heavy (non-hydrogen) atoms. The first-order valence-corrected chi connectivity index (χ1v) is 9.83. The molecule has 2 N–H and O–H groups in total. The highest BCUT2D eigenvalue weighted by Gasteiger charge is 2.16. The summed E-state index contributed by atoms with van der Waals surface area (Å²) in [6.07, 6.45) is 2.64. The van der Waals surface area contributed by atoms with Crippen LogP contribution in [0.15, 0.2) is 71.7 Å². The van der Waals surface area contributed by atoms with Crippen LogP contribution in [0.1, 0.15) is 27.0 Å². The number of nitrogens with zero attached hydrogens (tertiary/aromatic N) is 1. The Labute approximate surface area is 175 Å². The number of pyridine rings is 1. The van der Waals surface area contributed by atoms with Crippen molar-refractivity contribution in [1.82, 2.24) is 9.88 Å². The van der Waals surface area contributed by atoms with Crippen molar-refractivity contribution in [2.24, 2.45) is 0 Å². The number of carbonyl (C=O) groups is 2. The molecule has 1 heterocycles. The van der Waals surface area contributed by atoms with Crippen LogP contribution in [-0.4, -0.2) is 23.4 Å². The molecule has 2 aromatic carbocycles. The van der Waals surface area contributed by atoms with Crippen molar-refractivity contribution in [1.29, 1.82) is 0 Å². The van der Waals surface area contributed by atoms with Crippen molar-refractivity contribution in [3.8, 4) is 0 Å². The van der Waals surface area contributed by atoms with Crippen molar-refractivity contribution in [3.05, 3.63) is 99.5 Å². The van der Waals surface area contributed by atoms with Crippen molar-refractivity contribution >= 4 is 17.5 Å². The summed E-state index contributed by atoms with van der Waals surface area (Å²) in [4.78, 5) is 37.4. The summed E-state index contributed by atoms with van der Waals surface area (Å²) in [5.41, 5.74) is 2.88. The van der Waals surface area contributed by atoms with E-state index in [1.165, 1.54) is 0 Å². The minimum absolute atomic E-state index is 0.112. The van der Waals surface area contributed by atoms with E-state index in [0.29, 0.717) is 24.2 Å². The Bertz CT molecular complexity index is 1100. The first-order valence-electron chi connectivity index (χ1n) is 9.83. The summed E-state index contributed by atoms with van der Waals surface area (Å²) in [6.45, 7) is 2.24. The van der Waals surface area contributed by atoms with Crippen LogP contribution >= 0.6 is 0 Å². The van der Waals surface area contributed by atoms with Crippen molar-refractivity contribution in [3.63, 3.8) is 0 Å². The maximum absolute atomic E-state index is 12.9. The summed E-state index contributed by atoms with van der Waals surface area (Å²) < 4.78 is 1.57. The summed E-state index contributed by atoms with van der Waals surface area (Å²) in [6, 6.07) is 18.7. The summed E-state index contributed by atoms with van der Waals surface area (Å²) in [7, 11) is 1.58. The van der Waals surface area contributed by atoms with Gasteiger partial charge in [-0.2, -0.15) is 0 Å². The molecule has 3 aromatic rings. The number of benzene rings is 2. The lowest BCUT2D eigenvalue weighted by Gasteiger charge is -2.12. The van der Waals surface area contributed by atoms with Crippen molar-refractivity contribution in [2.75, 3.05) is 12.4 Å². The Balaban J connectivity index is 1.78. The molecule has 154 valence electrons. The molecule has 0 spiro atoms. The first-order chi connectivity index (χ1) is 14.5. The molecule has 0 saturated carbocycles. The van der Waals surface area contributed by atoms with Gasteiger partial charge in [-0.1, -0.05) is 42.5 Å². The van der Waals surface area contributed by atoms with Crippen LogP contribution in [-0.2, 0) is 24.2 Å². The highest BCUT2D eigenvalue weighted by molar-refractivity contribution is 6.05. The van der Waals surface area contributed by atoms with E-state index in [4.69, 9.17) is 0 Å². The van der Waals surface area contributed by atoms with Gasteiger partial charge in [-0.05, 0) is 48.2 Å². The lowest BCUT2D eigenvalue weighted by atomic mass is 10.1. The summed E-state index contributed by atoms with van der Waals surface area (Å²) in [5, 5.41) is 5.36. The normalized spacial score (nSPS) is 10.5. The molecule has 1 aromatic heterocycles. The predicted molar refractivity (Wildman–Crippen MR) is 118 cm³/mol. The fourth-order valence-corrected chi connectivity index (χ4v) is 3.24. The molecule has 0 radical (unpaired) electrons. The van der Waals surface area contributed by atoms with Gasteiger partial charge in [-0.3, -0.25) is 14.4 Å². The van der Waals surface area contributed by atoms with E-state index in [2.05, 4.69) is 10.6 Å². The molecule has 0 saturated heterocycles. The molecule has 0 atom stereocenters. The monoisotopic (exact) mass is 403 g/mol. The molecule has 0 bridgehead atoms. The highest BCUT2D eigenvalue weighted by atomic mass is 16.2. The standard InChI is InChI=1S/C24H25N3O3/c1-17-11-13-27(14-12-18-7-4-3-5-8-18)24(30)22(17)23(29)26-20-10-6-9-19(15-20)16-21(28)25-2/h3-11,13,15H,12,14,16H2,1-2H3,(H,25,28)(H,26,29). The minimum Gasteiger partial charge on any atom is -0.359 e. The lowest BCUT2D eigenvalue weighted by Crippen LogP contribution is -2.30. The maximum Gasteiger partial charge on any atom is 0.263 e. The average Bonchev–Trinajstić information content (AvgIpc) is 2.74. The number of amides is 2. The molecular weight excluding hydrogens is 378 g/mol. The number of carbonyl (C=O) groups excluding carboxylic acids is 2. The van der Waals surface area contributed by atoms with Gasteiger partial charge in [0.05, 0.1) is 6.42 Å². The maximum atomic E-state index is 12.9. The first kappa shape index (κ1) is 21.0. The highest BCUT2D eigenvalue weighted by Crippen LogP contribution is 2.13. The Morgan fingerprint density at radius 2 is 1.70 bits per heavy atom. The van der Waals surface area contributed by atoms with E-state index < -0.39 is 5.91 Å². The van der Waals surface area contributed by atoms with Gasteiger partial charge in [0.15, 0.2) is 0 Å². The van der Waals surface area contributed by atoms with Gasteiger partial charge in [0.2, 0.25) is 5.91 Å². The van der Waals surface area contributed by atoms with Gasteiger partial charge in [0.1, 0.15) is 5.56 Å². The van der Waals surface area contributed by atoms with Crippen molar-refractivity contribution in [2.45, 2.75) is 26.3 Å². The molecule has 0 aliphatic carbocycles. The van der Waals surface area contributed by atoms with Crippen LogP contribution in [0.2, 0.25) is 0 Å². The van der Waals surface area contributed by atoms with Gasteiger partial charge in [-0.15, -0.1) is 0 Å². The van der Waals surface area contributed by atoms with Crippen LogP contribution in [0.5, 0.6) is 0 Å². The number of hydrogen-bond donors (Lipinski definition) is 2. The molecule has 0 fully saturated rings. The van der Waals surface area contributed by atoms with E-state index in [1.54, 1.807) is 49.0 Å². The van der Waals surface area contributed by atoms with E-state index in [1.807, 2.05) is 36.4 Å². The Morgan fingerprint density at radius 3 is 2.43 bits per heavy atom. The summed E-state index contributed by atoms with van der Waals surface area (Å²) >= 11 is 0. The third-order valence-corrected chi connectivity index (χ3v) is 4.91. The van der Waals surface area contributed by atoms with Gasteiger partial charge >= 0.3 is 0 Å². The van der Waals surface area contributed by atoms with Crippen LogP contribution in [0.3, 0.4) is 0 Å². The van der Waals surface area contributed by atoms with E-state index in [-0.39, 0.29) is 23.5 Å². The van der Waals surface area contributed by atoms with Crippen molar-refractivity contribution < 1.29 is 9.59 Å². The molecule has 0 aliphatic heterocycles. The number of nitrogens with one attached hydrogen (secondary N) is 2. The molecule has 0 aliphatic rings. The van der Waals surface area contributed by atoms with Crippen LogP contribution in [0, 0.1) is 6.92 Å². The molecular formula is C24H25N3O3. The predicted octanol–water partition coefficient (Wildman–Crippen LogP) is 2.94. The number of anilines is 1. The zero-order valence-electron chi connectivity index (χ0n) is 17.1. The number of likely N-dealkylation sites (N-methyl/N-ethyl adjacent to an activating group) is 1. The number of aromatic nitrogens is 1. The zero-order valence-corrected chi connectivity index (χ0v) is 17.1. The number of aryl methyl sites for hydroxylation is 3. The van der Waals surface area contributed by atoms with Crippen LogP contribution < -0.4 is 16.2 Å². The molecule has 6 heteroatoms. The molecule has 3 rings (SSSR count). The lowest BCUT2D eigenvalue weighted by molar-refractivity contribution is -0.119. The zero-order chi connectivity index (χ0) is 21.5. The van der Waals surface area contributed by atoms with E-state index in [0.717, 1.165) is 11.1 Å². The minimum atomic E-state index is -0.455. The second-order valence-corrected chi connectivity index (χ2v) is 7.11. The third kappa shape index (κ3) is 5.23. The van der Waals surface area contributed by atoms with Gasteiger partial charge in [-0.25, -0.2) is 0 Å². The second-order valence-electron chi connectivity index (χ2n) is 7.11. The van der Waals surface area contributed by atoms with Gasteiger partial charge in [0, 0.05) is 25.5 Å². The smallest absolute Gasteiger partial charge is 0.263 e. The van der Waals surface area contributed by atoms with Gasteiger partial charge in [0.25, 0.3) is 11.5 Å². The number of hydrogen-bond acceptors (Lipinski definition) is 3. The average molecular weight is 403 g/mol. The third-order valence-electron chi connectivity index (χ3n) is 4.91. The Hall–Kier alpha value is -3.67. The van der Waals surface area contributed by atoms with E-state index >= 15 is 0 Å². The molecule has 2 amide bonds. The van der Waals surface area contributed by atoms with Crippen LogP contribution in [0.4, 0.5) is 5.69 Å². The quantitative estimate of drug-likeness (QED) is 0.637. The van der Waals surface area contributed by atoms with Crippen LogP contribution in [0.25, 0.3) is 0 Å². The van der Waals surface area contributed by atoms with E-state index in [9.17, 15) is 14.4 Å². The SMILES string of the molecule is CNC(=O)Cc1cccc(NC(=O)c2c(C)ccn(CCc3ccccc3)c2=O)c1. The van der Waals surface area contributed by atoms with Gasteiger partial charge < -0.3 is 15.2 Å². The number of rotatable bonds is 7. The fourth-order valence-electron chi connectivity index (χ4n) is 3.24. The topological polar surface area (TPSA) is 80.2 Å². The largest absolute Gasteiger partial charge is 0.359 e. The molecule has 0 unspecified atom stereocenters. The molecule has 6 nitrogen and oxygen atoms in total.